The molecule has 19 heavy (non-hydrogen) atoms. The van der Waals surface area contributed by atoms with Crippen molar-refractivity contribution in [2.45, 2.75) is 12.1 Å². The van der Waals surface area contributed by atoms with Crippen molar-refractivity contribution in [1.29, 1.82) is 0 Å². The van der Waals surface area contributed by atoms with E-state index in [-0.39, 0.29) is 12.0 Å². The van der Waals surface area contributed by atoms with E-state index in [2.05, 4.69) is 22.5 Å². The van der Waals surface area contributed by atoms with Gasteiger partial charge in [0.15, 0.2) is 0 Å². The number of methoxy groups -OCH3 is 1. The van der Waals surface area contributed by atoms with Gasteiger partial charge >= 0.3 is 5.97 Å². The summed E-state index contributed by atoms with van der Waals surface area (Å²) in [6.07, 6.45) is 3.39. The second-order valence-corrected chi connectivity index (χ2v) is 4.24. The van der Waals surface area contributed by atoms with Crippen molar-refractivity contribution in [3.63, 3.8) is 0 Å². The third kappa shape index (κ3) is 2.67. The van der Waals surface area contributed by atoms with E-state index in [1.807, 2.05) is 0 Å². The molecule has 1 aliphatic heterocycles. The van der Waals surface area contributed by atoms with Gasteiger partial charge in [0.2, 0.25) is 0 Å². The largest absolute Gasteiger partial charge is 0.468 e. The highest BCUT2D eigenvalue weighted by atomic mass is 16.6. The number of rotatable bonds is 5. The minimum absolute atomic E-state index is 0.0652. The smallest absolute Gasteiger partial charge is 0.329 e. The van der Waals surface area contributed by atoms with Crippen LogP contribution in [0.4, 0.5) is 0 Å². The average Bonchev–Trinajstić information content (AvgIpc) is 2.81. The monoisotopic (exact) mass is 266 g/mol. The first-order valence-electron chi connectivity index (χ1n) is 6.00. The Morgan fingerprint density at radius 1 is 1.79 bits per heavy atom. The molecule has 0 bridgehead atoms. The number of aryl methyl sites for hydroxylation is 1. The molecule has 2 rings (SSSR count). The lowest BCUT2D eigenvalue weighted by Crippen LogP contribution is -2.43. The quantitative estimate of drug-likeness (QED) is 0.338. The summed E-state index contributed by atoms with van der Waals surface area (Å²) >= 11 is 0. The normalized spacial score (nSPS) is 21.8. The van der Waals surface area contributed by atoms with Gasteiger partial charge in [0, 0.05) is 19.2 Å². The molecule has 0 aliphatic carbocycles. The maximum atomic E-state index is 11.8. The molecule has 0 spiro atoms. The van der Waals surface area contributed by atoms with Crippen LogP contribution < -0.4 is 10.8 Å². The third-order valence-electron chi connectivity index (χ3n) is 3.05. The predicted molar refractivity (Wildman–Crippen MR) is 68.0 cm³/mol. The van der Waals surface area contributed by atoms with Crippen LogP contribution in [0.25, 0.3) is 0 Å². The van der Waals surface area contributed by atoms with Gasteiger partial charge < -0.3 is 4.74 Å². The van der Waals surface area contributed by atoms with Crippen molar-refractivity contribution in [1.82, 2.24) is 20.6 Å². The van der Waals surface area contributed by atoms with Crippen molar-refractivity contribution in [2.24, 2.45) is 7.05 Å². The molecule has 0 fully saturated rings. The second-order valence-electron chi connectivity index (χ2n) is 4.24. The number of carbonyl (C=O) groups is 1. The van der Waals surface area contributed by atoms with Gasteiger partial charge in [-0.2, -0.15) is 10.6 Å². The van der Waals surface area contributed by atoms with E-state index in [1.165, 1.54) is 7.11 Å². The van der Waals surface area contributed by atoms with Crippen LogP contribution in [0.3, 0.4) is 0 Å². The van der Waals surface area contributed by atoms with Gasteiger partial charge in [-0.15, -0.1) is 6.58 Å². The number of hydrogen-bond donors (Lipinski definition) is 2. The van der Waals surface area contributed by atoms with Gasteiger partial charge in [-0.3, -0.25) is 14.8 Å². The Bertz CT molecular complexity index is 472. The summed E-state index contributed by atoms with van der Waals surface area (Å²) in [6.45, 7) is 4.54. The summed E-state index contributed by atoms with van der Waals surface area (Å²) in [5.41, 5.74) is 4.65. The second kappa shape index (κ2) is 5.96. The summed E-state index contributed by atoms with van der Waals surface area (Å²) in [6, 6.07) is -0.561. The summed E-state index contributed by atoms with van der Waals surface area (Å²) in [5, 5.41) is 7.32. The molecule has 0 amide bonds. The number of ether oxygens (including phenoxy) is 1. The van der Waals surface area contributed by atoms with Crippen molar-refractivity contribution < 1.29 is 14.4 Å². The first kappa shape index (κ1) is 13.7. The number of hydrogen-bond acceptors (Lipinski definition) is 6. The fraction of sp³-hybridized carbons (Fsp3) is 0.500. The molecule has 7 nitrogen and oxygen atoms in total. The maximum absolute atomic E-state index is 11.8. The van der Waals surface area contributed by atoms with Gasteiger partial charge in [-0.25, -0.2) is 4.79 Å². The Labute approximate surface area is 111 Å². The molecule has 0 unspecified atom stereocenters. The predicted octanol–water partition coefficient (Wildman–Crippen LogP) is -0.0143. The lowest BCUT2D eigenvalue weighted by molar-refractivity contribution is -0.143. The van der Waals surface area contributed by atoms with Crippen LogP contribution in [0.1, 0.15) is 23.3 Å². The van der Waals surface area contributed by atoms with E-state index in [0.29, 0.717) is 13.2 Å². The van der Waals surface area contributed by atoms with E-state index < -0.39 is 6.04 Å². The number of hydroxylamine groups is 1. The van der Waals surface area contributed by atoms with E-state index in [0.717, 1.165) is 11.3 Å². The number of aromatic nitrogens is 2. The highest BCUT2D eigenvalue weighted by Crippen LogP contribution is 2.28. The molecule has 2 heterocycles. The molecule has 104 valence electrons. The number of carbonyl (C=O) groups excluding carboxylic acids is 1. The molecular weight excluding hydrogens is 248 g/mol. The molecule has 0 saturated heterocycles. The Morgan fingerprint density at radius 3 is 3.26 bits per heavy atom. The minimum Gasteiger partial charge on any atom is -0.468 e. The van der Waals surface area contributed by atoms with Crippen molar-refractivity contribution in [3.05, 3.63) is 30.1 Å². The molecule has 2 N–H and O–H groups in total. The van der Waals surface area contributed by atoms with Crippen molar-refractivity contribution in [2.75, 3.05) is 20.3 Å². The van der Waals surface area contributed by atoms with Crippen molar-refractivity contribution >= 4 is 5.97 Å². The van der Waals surface area contributed by atoms with Crippen molar-refractivity contribution in [3.8, 4) is 0 Å². The molecule has 0 saturated carbocycles. The van der Waals surface area contributed by atoms with Crippen LogP contribution in [0.2, 0.25) is 0 Å². The number of nitrogens with one attached hydrogen (secondary N) is 2. The molecule has 1 aliphatic rings. The third-order valence-corrected chi connectivity index (χ3v) is 3.05. The van der Waals surface area contributed by atoms with Gasteiger partial charge in [-0.1, -0.05) is 6.08 Å². The fourth-order valence-electron chi connectivity index (χ4n) is 2.15. The first-order valence-corrected chi connectivity index (χ1v) is 6.00. The van der Waals surface area contributed by atoms with Crippen LogP contribution in [-0.4, -0.2) is 36.0 Å². The van der Waals surface area contributed by atoms with E-state index in [9.17, 15) is 4.79 Å². The number of esters is 1. The zero-order valence-corrected chi connectivity index (χ0v) is 11.0. The SMILES string of the molecule is C=CCON[C@H]1CN[C@@H](C(=O)OC)c2c1cnn2C. The van der Waals surface area contributed by atoms with E-state index >= 15 is 0 Å². The summed E-state index contributed by atoms with van der Waals surface area (Å²) in [5.74, 6) is -0.324. The van der Waals surface area contributed by atoms with Gasteiger partial charge in [-0.05, 0) is 0 Å². The molecule has 2 atom stereocenters. The standard InChI is InChI=1S/C12H18N4O3/c1-4-5-19-15-9-7-13-10(12(17)18-3)11-8(9)6-14-16(11)2/h4,6,9-10,13,15H,1,5,7H2,2-3H3/t9-,10+/m0/s1. The Hall–Kier alpha value is -1.70. The molecule has 1 aromatic heterocycles. The molecule has 7 heteroatoms. The molecule has 1 aromatic rings. The number of nitrogens with zero attached hydrogens (tertiary/aromatic N) is 2. The zero-order chi connectivity index (χ0) is 13.8. The molecular formula is C12H18N4O3. The molecule has 0 radical (unpaired) electrons. The van der Waals surface area contributed by atoms with E-state index in [1.54, 1.807) is 24.0 Å². The van der Waals surface area contributed by atoms with Crippen LogP contribution in [0.15, 0.2) is 18.9 Å². The summed E-state index contributed by atoms with van der Waals surface area (Å²) in [4.78, 5) is 17.0. The van der Waals surface area contributed by atoms with Gasteiger partial charge in [0.05, 0.1) is 31.6 Å². The first-order chi connectivity index (χ1) is 9.19. The van der Waals surface area contributed by atoms with Gasteiger partial charge in [0.25, 0.3) is 0 Å². The molecule has 0 aromatic carbocycles. The zero-order valence-electron chi connectivity index (χ0n) is 11.0. The Morgan fingerprint density at radius 2 is 2.58 bits per heavy atom. The van der Waals surface area contributed by atoms with Crippen LogP contribution in [-0.2, 0) is 21.4 Å². The highest BCUT2D eigenvalue weighted by molar-refractivity contribution is 5.78. The summed E-state index contributed by atoms with van der Waals surface area (Å²) in [7, 11) is 3.17. The minimum atomic E-state index is -0.495. The average molecular weight is 266 g/mol. The van der Waals surface area contributed by atoms with Crippen LogP contribution in [0.5, 0.6) is 0 Å². The topological polar surface area (TPSA) is 77.4 Å². The Kier molecular flexibility index (Phi) is 4.31. The maximum Gasteiger partial charge on any atom is 0.329 e. The van der Waals surface area contributed by atoms with Crippen LogP contribution >= 0.6 is 0 Å². The lowest BCUT2D eigenvalue weighted by Gasteiger charge is -2.29. The Balaban J connectivity index is 2.20. The number of fused-ring (bicyclic) bond motifs is 1. The summed E-state index contributed by atoms with van der Waals surface area (Å²) < 4.78 is 6.47. The van der Waals surface area contributed by atoms with E-state index in [4.69, 9.17) is 9.57 Å². The highest BCUT2D eigenvalue weighted by Gasteiger charge is 2.35. The van der Waals surface area contributed by atoms with Crippen LogP contribution in [0, 0.1) is 0 Å². The van der Waals surface area contributed by atoms with Gasteiger partial charge in [0.1, 0.15) is 6.04 Å². The lowest BCUT2D eigenvalue weighted by atomic mass is 9.98. The fourth-order valence-corrected chi connectivity index (χ4v) is 2.15.